The summed E-state index contributed by atoms with van der Waals surface area (Å²) in [4.78, 5) is 7.19. The number of amidine groups is 1. The van der Waals surface area contributed by atoms with Gasteiger partial charge in [-0.25, -0.2) is 4.99 Å². The van der Waals surface area contributed by atoms with Crippen LogP contribution in [-0.2, 0) is 4.74 Å². The largest absolute Gasteiger partial charge is 0.380 e. The van der Waals surface area contributed by atoms with Crippen molar-refractivity contribution in [2.75, 3.05) is 31.6 Å². The van der Waals surface area contributed by atoms with Gasteiger partial charge in [-0.3, -0.25) is 0 Å². The van der Waals surface area contributed by atoms with Crippen LogP contribution < -0.4 is 5.32 Å². The number of morpholine rings is 1. The van der Waals surface area contributed by atoms with Crippen LogP contribution in [0.25, 0.3) is 0 Å². The van der Waals surface area contributed by atoms with Crippen molar-refractivity contribution in [2.24, 2.45) is 4.99 Å². The fourth-order valence-electron chi connectivity index (χ4n) is 2.49. The molecule has 1 aromatic carbocycles. The van der Waals surface area contributed by atoms with Crippen LogP contribution in [0.1, 0.15) is 13.3 Å². The van der Waals surface area contributed by atoms with Crippen LogP contribution in [0.4, 0.5) is 11.4 Å². The molecule has 2 aliphatic rings. The Bertz CT molecular complexity index is 452. The predicted molar refractivity (Wildman–Crippen MR) is 73.6 cm³/mol. The maximum Gasteiger partial charge on any atom is 0.107 e. The standard InChI is InChI=1S/C14H19N3O/c1-11-10-14(17-6-8-18-9-7-17)16-13-5-3-2-4-12(13)15-11/h2-5,11,15H,6-10H2,1H3. The van der Waals surface area contributed by atoms with Gasteiger partial charge in [0.15, 0.2) is 0 Å². The van der Waals surface area contributed by atoms with Crippen molar-refractivity contribution in [3.63, 3.8) is 0 Å². The third-order valence-electron chi connectivity index (χ3n) is 3.42. The number of nitrogens with one attached hydrogen (secondary N) is 1. The second-order valence-electron chi connectivity index (χ2n) is 4.89. The minimum atomic E-state index is 0.412. The molecule has 0 saturated carbocycles. The highest BCUT2D eigenvalue weighted by molar-refractivity contribution is 5.89. The highest BCUT2D eigenvalue weighted by Gasteiger charge is 2.20. The zero-order valence-corrected chi connectivity index (χ0v) is 10.7. The molecular formula is C14H19N3O. The molecule has 1 aromatic rings. The number of aliphatic imine (C=N–C) groups is 1. The average molecular weight is 245 g/mol. The Morgan fingerprint density at radius 3 is 2.89 bits per heavy atom. The first-order valence-corrected chi connectivity index (χ1v) is 6.59. The van der Waals surface area contributed by atoms with Gasteiger partial charge in [-0.2, -0.15) is 0 Å². The van der Waals surface area contributed by atoms with Gasteiger partial charge in [0, 0.05) is 25.6 Å². The summed E-state index contributed by atoms with van der Waals surface area (Å²) in [5.41, 5.74) is 2.18. The van der Waals surface area contributed by atoms with E-state index in [1.54, 1.807) is 0 Å². The molecule has 4 nitrogen and oxygen atoms in total. The minimum absolute atomic E-state index is 0.412. The van der Waals surface area contributed by atoms with E-state index in [-0.39, 0.29) is 0 Å². The molecule has 1 N–H and O–H groups in total. The lowest BCUT2D eigenvalue weighted by molar-refractivity contribution is 0.0671. The fourth-order valence-corrected chi connectivity index (χ4v) is 2.49. The van der Waals surface area contributed by atoms with E-state index < -0.39 is 0 Å². The topological polar surface area (TPSA) is 36.9 Å². The van der Waals surface area contributed by atoms with Crippen molar-refractivity contribution in [3.8, 4) is 0 Å². The Morgan fingerprint density at radius 2 is 2.06 bits per heavy atom. The molecule has 1 saturated heterocycles. The lowest BCUT2D eigenvalue weighted by Crippen LogP contribution is -2.42. The Morgan fingerprint density at radius 1 is 1.28 bits per heavy atom. The van der Waals surface area contributed by atoms with Crippen molar-refractivity contribution in [3.05, 3.63) is 24.3 Å². The van der Waals surface area contributed by atoms with E-state index in [1.165, 1.54) is 5.84 Å². The van der Waals surface area contributed by atoms with Gasteiger partial charge in [-0.15, -0.1) is 0 Å². The number of rotatable bonds is 0. The second-order valence-corrected chi connectivity index (χ2v) is 4.89. The summed E-state index contributed by atoms with van der Waals surface area (Å²) < 4.78 is 5.41. The van der Waals surface area contributed by atoms with Gasteiger partial charge in [-0.05, 0) is 19.1 Å². The van der Waals surface area contributed by atoms with Crippen LogP contribution in [-0.4, -0.2) is 43.1 Å². The van der Waals surface area contributed by atoms with Gasteiger partial charge in [0.05, 0.1) is 24.6 Å². The van der Waals surface area contributed by atoms with Crippen molar-refractivity contribution in [1.29, 1.82) is 0 Å². The van der Waals surface area contributed by atoms with E-state index >= 15 is 0 Å². The minimum Gasteiger partial charge on any atom is -0.380 e. The summed E-state index contributed by atoms with van der Waals surface area (Å²) in [5, 5.41) is 3.52. The number of para-hydroxylation sites is 2. The van der Waals surface area contributed by atoms with Crippen LogP contribution in [0.2, 0.25) is 0 Å². The molecule has 0 aromatic heterocycles. The smallest absolute Gasteiger partial charge is 0.107 e. The summed E-state index contributed by atoms with van der Waals surface area (Å²) in [7, 11) is 0. The molecule has 3 rings (SSSR count). The van der Waals surface area contributed by atoms with Crippen LogP contribution in [0.3, 0.4) is 0 Å². The van der Waals surface area contributed by atoms with Gasteiger partial charge in [0.2, 0.25) is 0 Å². The number of nitrogens with zero attached hydrogens (tertiary/aromatic N) is 2. The lowest BCUT2D eigenvalue weighted by atomic mass is 10.2. The summed E-state index contributed by atoms with van der Waals surface area (Å²) in [6.07, 6.45) is 0.967. The molecule has 0 spiro atoms. The number of anilines is 1. The molecule has 0 bridgehead atoms. The van der Waals surface area contributed by atoms with E-state index in [0.29, 0.717) is 6.04 Å². The lowest BCUT2D eigenvalue weighted by Gasteiger charge is -2.30. The van der Waals surface area contributed by atoms with Crippen LogP contribution in [0.5, 0.6) is 0 Å². The van der Waals surface area contributed by atoms with Crippen molar-refractivity contribution in [1.82, 2.24) is 4.90 Å². The monoisotopic (exact) mass is 245 g/mol. The molecule has 96 valence electrons. The van der Waals surface area contributed by atoms with Crippen LogP contribution >= 0.6 is 0 Å². The molecule has 1 unspecified atom stereocenters. The van der Waals surface area contributed by atoms with Gasteiger partial charge < -0.3 is 15.0 Å². The van der Waals surface area contributed by atoms with E-state index in [2.05, 4.69) is 29.3 Å². The Kier molecular flexibility index (Phi) is 3.19. The van der Waals surface area contributed by atoms with Gasteiger partial charge >= 0.3 is 0 Å². The molecule has 1 fully saturated rings. The molecule has 18 heavy (non-hydrogen) atoms. The fraction of sp³-hybridized carbons (Fsp3) is 0.500. The zero-order valence-electron chi connectivity index (χ0n) is 10.7. The van der Waals surface area contributed by atoms with E-state index in [4.69, 9.17) is 9.73 Å². The van der Waals surface area contributed by atoms with Crippen molar-refractivity contribution >= 4 is 17.2 Å². The summed E-state index contributed by atoms with van der Waals surface area (Å²) in [6.45, 7) is 5.73. The van der Waals surface area contributed by atoms with Crippen molar-refractivity contribution in [2.45, 2.75) is 19.4 Å². The Hall–Kier alpha value is -1.55. The third-order valence-corrected chi connectivity index (χ3v) is 3.42. The Labute approximate surface area is 108 Å². The molecule has 0 aliphatic carbocycles. The zero-order chi connectivity index (χ0) is 12.4. The van der Waals surface area contributed by atoms with E-state index in [9.17, 15) is 0 Å². The first-order valence-electron chi connectivity index (χ1n) is 6.59. The summed E-state index contributed by atoms with van der Waals surface area (Å²) >= 11 is 0. The van der Waals surface area contributed by atoms with Gasteiger partial charge in [0.25, 0.3) is 0 Å². The Balaban J connectivity index is 1.91. The van der Waals surface area contributed by atoms with Crippen molar-refractivity contribution < 1.29 is 4.74 Å². The molecule has 4 heteroatoms. The molecule has 2 aliphatic heterocycles. The van der Waals surface area contributed by atoms with E-state index in [1.807, 2.05) is 12.1 Å². The summed E-state index contributed by atoms with van der Waals surface area (Å²) in [5.74, 6) is 1.18. The van der Waals surface area contributed by atoms with Gasteiger partial charge in [0.1, 0.15) is 5.84 Å². The SMILES string of the molecule is CC1CC(N2CCOCC2)=Nc2ccccc2N1. The number of hydrogen-bond donors (Lipinski definition) is 1. The average Bonchev–Trinajstić information content (AvgIpc) is 2.57. The number of hydrogen-bond acceptors (Lipinski definition) is 4. The highest BCUT2D eigenvalue weighted by Crippen LogP contribution is 2.29. The first kappa shape index (κ1) is 11.5. The number of benzene rings is 1. The predicted octanol–water partition coefficient (Wildman–Crippen LogP) is 2.25. The summed E-state index contributed by atoms with van der Waals surface area (Å²) in [6, 6.07) is 8.67. The number of ether oxygens (including phenoxy) is 1. The number of fused-ring (bicyclic) bond motifs is 1. The third kappa shape index (κ3) is 2.34. The highest BCUT2D eigenvalue weighted by atomic mass is 16.5. The normalized spacial score (nSPS) is 23.7. The molecular weight excluding hydrogens is 226 g/mol. The second kappa shape index (κ2) is 4.98. The van der Waals surface area contributed by atoms with Crippen LogP contribution in [0, 0.1) is 0 Å². The van der Waals surface area contributed by atoms with E-state index in [0.717, 1.165) is 44.1 Å². The molecule has 1 atom stereocenters. The molecule has 0 radical (unpaired) electrons. The molecule has 2 heterocycles. The van der Waals surface area contributed by atoms with Gasteiger partial charge in [-0.1, -0.05) is 12.1 Å². The van der Waals surface area contributed by atoms with Crippen LogP contribution in [0.15, 0.2) is 29.3 Å². The maximum atomic E-state index is 5.41. The maximum absolute atomic E-state index is 5.41. The quantitative estimate of drug-likeness (QED) is 0.761. The first-order chi connectivity index (χ1) is 8.83. The molecule has 0 amide bonds.